The molecule has 3 heterocycles. The Labute approximate surface area is 195 Å². The standard InChI is InChI=1S/C26H30N6O/c1-16(2)25-26(33)30-24-18(4)29-22(11-23(24)31(25)5)9-7-20-13-28-32(14-20)15-21-8-6-19(12-27)10-17(21)3/h6,8,10-11,13-14,16,25H,7,9,15H2,1-5H3,(H,30,33)/t25-/m0/s1. The van der Waals surface area contributed by atoms with Crippen LogP contribution < -0.4 is 10.2 Å². The second kappa shape index (κ2) is 9.07. The molecule has 170 valence electrons. The average Bonchev–Trinajstić information content (AvgIpc) is 3.21. The van der Waals surface area contributed by atoms with Crippen molar-refractivity contribution in [1.29, 1.82) is 5.26 Å². The molecule has 0 radical (unpaired) electrons. The normalized spacial score (nSPS) is 15.4. The van der Waals surface area contributed by atoms with E-state index in [4.69, 9.17) is 10.2 Å². The van der Waals surface area contributed by atoms with E-state index in [1.165, 1.54) is 0 Å². The molecule has 0 saturated heterocycles. The smallest absolute Gasteiger partial charge is 0.247 e. The number of pyridine rings is 1. The first-order valence-electron chi connectivity index (χ1n) is 11.3. The fourth-order valence-corrected chi connectivity index (χ4v) is 4.56. The van der Waals surface area contributed by atoms with Crippen LogP contribution in [0.2, 0.25) is 0 Å². The van der Waals surface area contributed by atoms with E-state index in [1.54, 1.807) is 0 Å². The van der Waals surface area contributed by atoms with Gasteiger partial charge in [-0.05, 0) is 67.5 Å². The second-order valence-electron chi connectivity index (χ2n) is 9.18. The summed E-state index contributed by atoms with van der Waals surface area (Å²) in [5.74, 6) is 0.244. The van der Waals surface area contributed by atoms with Gasteiger partial charge in [-0.15, -0.1) is 0 Å². The molecule has 1 amide bonds. The van der Waals surface area contributed by atoms with Crippen molar-refractivity contribution in [2.45, 2.75) is 53.1 Å². The molecule has 0 spiro atoms. The Kier molecular flexibility index (Phi) is 6.19. The van der Waals surface area contributed by atoms with Crippen LogP contribution in [0.3, 0.4) is 0 Å². The largest absolute Gasteiger partial charge is 0.361 e. The molecule has 7 nitrogen and oxygen atoms in total. The van der Waals surface area contributed by atoms with Gasteiger partial charge in [0.15, 0.2) is 0 Å². The number of fused-ring (bicyclic) bond motifs is 1. The number of nitrogens with zero attached hydrogens (tertiary/aromatic N) is 5. The van der Waals surface area contributed by atoms with Crippen molar-refractivity contribution in [3.8, 4) is 6.07 Å². The SMILES string of the molecule is Cc1cc(C#N)ccc1Cn1cc(CCc2cc3c(c(C)n2)NC(=O)[C@H](C(C)C)N3C)cn1. The number of anilines is 2. The Balaban J connectivity index is 1.46. The van der Waals surface area contributed by atoms with Crippen molar-refractivity contribution in [3.05, 3.63) is 70.3 Å². The second-order valence-corrected chi connectivity index (χ2v) is 9.18. The van der Waals surface area contributed by atoms with Crippen LogP contribution in [0.4, 0.5) is 11.4 Å². The van der Waals surface area contributed by atoms with Crippen molar-refractivity contribution >= 4 is 17.3 Å². The highest BCUT2D eigenvalue weighted by atomic mass is 16.2. The van der Waals surface area contributed by atoms with Gasteiger partial charge in [0, 0.05) is 18.9 Å². The zero-order chi connectivity index (χ0) is 23.7. The lowest BCUT2D eigenvalue weighted by Crippen LogP contribution is -2.49. The van der Waals surface area contributed by atoms with E-state index in [1.807, 2.05) is 50.0 Å². The highest BCUT2D eigenvalue weighted by Crippen LogP contribution is 2.35. The predicted octanol–water partition coefficient (Wildman–Crippen LogP) is 4.01. The Morgan fingerprint density at radius 1 is 1.21 bits per heavy atom. The number of hydrogen-bond acceptors (Lipinski definition) is 5. The van der Waals surface area contributed by atoms with Gasteiger partial charge >= 0.3 is 0 Å². The van der Waals surface area contributed by atoms with Gasteiger partial charge < -0.3 is 10.2 Å². The Bertz CT molecular complexity index is 1240. The minimum atomic E-state index is -0.184. The van der Waals surface area contributed by atoms with Crippen LogP contribution in [-0.4, -0.2) is 33.8 Å². The Morgan fingerprint density at radius 3 is 2.70 bits per heavy atom. The summed E-state index contributed by atoms with van der Waals surface area (Å²) in [6.45, 7) is 8.78. The summed E-state index contributed by atoms with van der Waals surface area (Å²) < 4.78 is 1.94. The van der Waals surface area contributed by atoms with Crippen LogP contribution in [0.1, 0.15) is 47.5 Å². The third-order valence-corrected chi connectivity index (χ3v) is 6.34. The molecule has 1 atom stereocenters. The number of rotatable bonds is 6. The number of nitrogens with one attached hydrogen (secondary N) is 1. The number of benzene rings is 1. The first-order chi connectivity index (χ1) is 15.8. The number of carbonyl (C=O) groups is 1. The van der Waals surface area contributed by atoms with Crippen molar-refractivity contribution in [2.24, 2.45) is 5.92 Å². The molecular weight excluding hydrogens is 412 g/mol. The number of carbonyl (C=O) groups excluding carboxylic acids is 1. The molecular formula is C26H30N6O. The summed E-state index contributed by atoms with van der Waals surface area (Å²) in [4.78, 5) is 19.4. The molecule has 33 heavy (non-hydrogen) atoms. The molecule has 2 aromatic heterocycles. The van der Waals surface area contributed by atoms with Crippen LogP contribution in [0, 0.1) is 31.1 Å². The van der Waals surface area contributed by atoms with Gasteiger partial charge in [0.2, 0.25) is 5.91 Å². The van der Waals surface area contributed by atoms with E-state index in [0.29, 0.717) is 12.1 Å². The van der Waals surface area contributed by atoms with Gasteiger partial charge in [-0.3, -0.25) is 14.5 Å². The van der Waals surface area contributed by atoms with E-state index in [9.17, 15) is 4.79 Å². The van der Waals surface area contributed by atoms with E-state index in [2.05, 4.69) is 47.5 Å². The molecule has 0 fully saturated rings. The lowest BCUT2D eigenvalue weighted by molar-refractivity contribution is -0.118. The molecule has 7 heteroatoms. The van der Waals surface area contributed by atoms with Gasteiger partial charge in [0.1, 0.15) is 6.04 Å². The highest BCUT2D eigenvalue weighted by molar-refractivity contribution is 6.04. The average molecular weight is 443 g/mol. The van der Waals surface area contributed by atoms with Crippen LogP contribution in [-0.2, 0) is 24.2 Å². The summed E-state index contributed by atoms with van der Waals surface area (Å²) in [6.07, 6.45) is 5.61. The monoisotopic (exact) mass is 442 g/mol. The zero-order valence-electron chi connectivity index (χ0n) is 19.9. The molecule has 1 aliphatic heterocycles. The van der Waals surface area contributed by atoms with Gasteiger partial charge in [-0.25, -0.2) is 0 Å². The number of nitriles is 1. The molecule has 0 saturated carbocycles. The maximum Gasteiger partial charge on any atom is 0.247 e. The maximum atomic E-state index is 12.5. The molecule has 1 aromatic carbocycles. The van der Waals surface area contributed by atoms with E-state index >= 15 is 0 Å². The van der Waals surface area contributed by atoms with Crippen LogP contribution in [0.15, 0.2) is 36.7 Å². The minimum Gasteiger partial charge on any atom is -0.361 e. The quantitative estimate of drug-likeness (QED) is 0.623. The number of likely N-dealkylation sites (N-methyl/N-ethyl adjacent to an activating group) is 1. The highest BCUT2D eigenvalue weighted by Gasteiger charge is 2.34. The molecule has 3 aromatic rings. The minimum absolute atomic E-state index is 0.0302. The number of aryl methyl sites for hydroxylation is 4. The Morgan fingerprint density at radius 2 is 2.00 bits per heavy atom. The molecule has 4 rings (SSSR count). The number of amides is 1. The van der Waals surface area contributed by atoms with Crippen molar-refractivity contribution in [1.82, 2.24) is 14.8 Å². The van der Waals surface area contributed by atoms with Gasteiger partial charge in [0.25, 0.3) is 0 Å². The van der Waals surface area contributed by atoms with Crippen molar-refractivity contribution < 1.29 is 4.79 Å². The fraction of sp³-hybridized carbons (Fsp3) is 0.385. The third-order valence-electron chi connectivity index (χ3n) is 6.34. The van der Waals surface area contributed by atoms with E-state index < -0.39 is 0 Å². The van der Waals surface area contributed by atoms with Gasteiger partial charge in [0.05, 0.1) is 41.4 Å². The summed E-state index contributed by atoms with van der Waals surface area (Å²) in [7, 11) is 1.99. The Hall–Kier alpha value is -3.66. The lowest BCUT2D eigenvalue weighted by atomic mass is 9.97. The molecule has 0 unspecified atom stereocenters. The van der Waals surface area contributed by atoms with Crippen molar-refractivity contribution in [2.75, 3.05) is 17.3 Å². The van der Waals surface area contributed by atoms with E-state index in [0.717, 1.165) is 52.3 Å². The van der Waals surface area contributed by atoms with Crippen LogP contribution in [0.5, 0.6) is 0 Å². The van der Waals surface area contributed by atoms with Gasteiger partial charge in [-0.1, -0.05) is 19.9 Å². The predicted molar refractivity (Wildman–Crippen MR) is 129 cm³/mol. The number of hydrogen-bond donors (Lipinski definition) is 1. The van der Waals surface area contributed by atoms with Crippen LogP contribution >= 0.6 is 0 Å². The number of aromatic nitrogens is 3. The summed E-state index contributed by atoms with van der Waals surface area (Å²) in [5, 5.41) is 16.6. The third kappa shape index (κ3) is 4.61. The summed E-state index contributed by atoms with van der Waals surface area (Å²) >= 11 is 0. The molecule has 0 bridgehead atoms. The lowest BCUT2D eigenvalue weighted by Gasteiger charge is -2.38. The fourth-order valence-electron chi connectivity index (χ4n) is 4.56. The molecule has 0 aliphatic carbocycles. The topological polar surface area (TPSA) is 86.8 Å². The molecule has 1 N–H and O–H groups in total. The zero-order valence-corrected chi connectivity index (χ0v) is 19.9. The van der Waals surface area contributed by atoms with Crippen molar-refractivity contribution in [3.63, 3.8) is 0 Å². The first-order valence-corrected chi connectivity index (χ1v) is 11.3. The maximum absolute atomic E-state index is 12.5. The molecule has 1 aliphatic rings. The van der Waals surface area contributed by atoms with Gasteiger partial charge in [-0.2, -0.15) is 10.4 Å². The first kappa shape index (κ1) is 22.5. The van der Waals surface area contributed by atoms with E-state index in [-0.39, 0.29) is 17.9 Å². The van der Waals surface area contributed by atoms with Crippen LogP contribution in [0.25, 0.3) is 0 Å². The summed E-state index contributed by atoms with van der Waals surface area (Å²) in [5.41, 5.74) is 7.77. The summed E-state index contributed by atoms with van der Waals surface area (Å²) in [6, 6.07) is 9.85.